The summed E-state index contributed by atoms with van der Waals surface area (Å²) in [6.45, 7) is 1.98. The van der Waals surface area contributed by atoms with Crippen LogP contribution in [0.4, 0.5) is 18.9 Å². The smallest absolute Gasteiger partial charge is 0.416 e. The van der Waals surface area contributed by atoms with Gasteiger partial charge in [-0.05, 0) is 55.7 Å². The molecule has 0 radical (unpaired) electrons. The summed E-state index contributed by atoms with van der Waals surface area (Å²) >= 11 is 0. The fourth-order valence-electron chi connectivity index (χ4n) is 3.86. The maximum Gasteiger partial charge on any atom is 0.416 e. The van der Waals surface area contributed by atoms with E-state index in [1.54, 1.807) is 11.0 Å². The third-order valence-corrected chi connectivity index (χ3v) is 5.66. The minimum Gasteiger partial charge on any atom is -0.484 e. The lowest BCUT2D eigenvalue weighted by Gasteiger charge is -2.41. The molecule has 0 bridgehead atoms. The second kappa shape index (κ2) is 8.38. The number of carbonyl (C=O) groups is 2. The van der Waals surface area contributed by atoms with Gasteiger partial charge in [0, 0.05) is 18.8 Å². The van der Waals surface area contributed by atoms with E-state index in [1.165, 1.54) is 19.1 Å². The molecule has 0 atom stereocenters. The molecule has 30 heavy (non-hydrogen) atoms. The predicted molar refractivity (Wildman–Crippen MR) is 106 cm³/mol. The van der Waals surface area contributed by atoms with Crippen LogP contribution in [0.2, 0.25) is 0 Å². The molecule has 0 aliphatic carbocycles. The van der Waals surface area contributed by atoms with Crippen molar-refractivity contribution in [2.75, 3.05) is 25.4 Å². The Hall–Kier alpha value is -3.03. The van der Waals surface area contributed by atoms with E-state index < -0.39 is 17.2 Å². The van der Waals surface area contributed by atoms with E-state index in [4.69, 9.17) is 10.5 Å². The molecule has 1 aliphatic heterocycles. The van der Waals surface area contributed by atoms with E-state index in [-0.39, 0.29) is 24.0 Å². The number of hydrogen-bond donors (Lipinski definition) is 1. The van der Waals surface area contributed by atoms with Gasteiger partial charge in [0.25, 0.3) is 5.91 Å². The Morgan fingerprint density at radius 1 is 1.07 bits per heavy atom. The van der Waals surface area contributed by atoms with Gasteiger partial charge in [-0.3, -0.25) is 9.59 Å². The van der Waals surface area contributed by atoms with Crippen LogP contribution in [0.25, 0.3) is 0 Å². The Morgan fingerprint density at radius 2 is 1.67 bits per heavy atom. The number of nitrogens with two attached hydrogens (primary N) is 1. The Balaban J connectivity index is 1.61. The first-order chi connectivity index (χ1) is 14.1. The summed E-state index contributed by atoms with van der Waals surface area (Å²) in [6, 6.07) is 11.4. The van der Waals surface area contributed by atoms with E-state index in [9.17, 15) is 22.8 Å². The van der Waals surface area contributed by atoms with Crippen LogP contribution in [0.15, 0.2) is 48.5 Å². The highest BCUT2D eigenvalue weighted by Gasteiger charge is 2.42. The van der Waals surface area contributed by atoms with Crippen molar-refractivity contribution < 1.29 is 27.5 Å². The molecule has 1 saturated heterocycles. The number of hydrogen-bond acceptors (Lipinski definition) is 4. The van der Waals surface area contributed by atoms with Gasteiger partial charge in [0.05, 0.1) is 11.0 Å². The fraction of sp³-hybridized carbons (Fsp3) is 0.364. The Labute approximate surface area is 172 Å². The molecule has 1 amide bonds. The number of likely N-dealkylation sites (tertiary alicyclic amines) is 1. The highest BCUT2D eigenvalue weighted by Crippen LogP contribution is 2.39. The SMILES string of the molecule is CC(=O)C1(c2ccccc2N)CCN(C(=O)COc2ccc(C(F)(F)F)cc2)CC1. The van der Waals surface area contributed by atoms with E-state index in [0.717, 1.165) is 17.7 Å². The number of nitrogens with zero attached hydrogens (tertiary/aromatic N) is 1. The molecular weight excluding hydrogens is 397 g/mol. The average Bonchev–Trinajstić information content (AvgIpc) is 2.72. The average molecular weight is 420 g/mol. The summed E-state index contributed by atoms with van der Waals surface area (Å²) in [6.07, 6.45) is -3.53. The number of benzene rings is 2. The lowest BCUT2D eigenvalue weighted by atomic mass is 9.69. The third kappa shape index (κ3) is 4.42. The van der Waals surface area contributed by atoms with Crippen LogP contribution in [-0.2, 0) is 21.2 Å². The van der Waals surface area contributed by atoms with Crippen LogP contribution in [0, 0.1) is 0 Å². The summed E-state index contributed by atoms with van der Waals surface area (Å²) in [5.41, 5.74) is 5.93. The van der Waals surface area contributed by atoms with Gasteiger partial charge in [-0.25, -0.2) is 0 Å². The molecule has 1 aliphatic rings. The number of amides is 1. The number of Topliss-reactive ketones (excluding diaryl/α,β-unsaturated/α-hetero) is 1. The summed E-state index contributed by atoms with van der Waals surface area (Å²) in [5, 5.41) is 0. The van der Waals surface area contributed by atoms with Gasteiger partial charge in [-0.15, -0.1) is 0 Å². The molecule has 0 unspecified atom stereocenters. The lowest BCUT2D eigenvalue weighted by Crippen LogP contribution is -2.49. The maximum atomic E-state index is 12.6. The van der Waals surface area contributed by atoms with Crippen LogP contribution in [-0.4, -0.2) is 36.3 Å². The normalized spacial score (nSPS) is 16.2. The Bertz CT molecular complexity index is 918. The largest absolute Gasteiger partial charge is 0.484 e. The van der Waals surface area contributed by atoms with Crippen LogP contribution in [0.5, 0.6) is 5.75 Å². The molecule has 5 nitrogen and oxygen atoms in total. The zero-order chi connectivity index (χ0) is 21.9. The van der Waals surface area contributed by atoms with Crippen molar-refractivity contribution in [2.45, 2.75) is 31.4 Å². The second-order valence-electron chi connectivity index (χ2n) is 7.42. The molecular formula is C22H23F3N2O3. The lowest BCUT2D eigenvalue weighted by molar-refractivity contribution is -0.138. The van der Waals surface area contributed by atoms with Crippen molar-refractivity contribution in [1.29, 1.82) is 0 Å². The summed E-state index contributed by atoms with van der Waals surface area (Å²) in [4.78, 5) is 26.6. The number of anilines is 1. The molecule has 0 aromatic heterocycles. The molecule has 2 N–H and O–H groups in total. The number of ketones is 1. The number of piperidine rings is 1. The highest BCUT2D eigenvalue weighted by atomic mass is 19.4. The van der Waals surface area contributed by atoms with Crippen LogP contribution in [0.1, 0.15) is 30.9 Å². The number of halogens is 3. The Kier molecular flexibility index (Phi) is 6.05. The van der Waals surface area contributed by atoms with E-state index >= 15 is 0 Å². The number of carbonyl (C=O) groups excluding carboxylic acids is 2. The van der Waals surface area contributed by atoms with E-state index in [1.807, 2.05) is 18.2 Å². The monoisotopic (exact) mass is 420 g/mol. The predicted octanol–water partition coefficient (Wildman–Crippen LogP) is 3.82. The molecule has 1 fully saturated rings. The topological polar surface area (TPSA) is 72.6 Å². The summed E-state index contributed by atoms with van der Waals surface area (Å²) in [5.74, 6) is -0.0925. The first kappa shape index (κ1) is 21.7. The number of ether oxygens (including phenoxy) is 1. The second-order valence-corrected chi connectivity index (χ2v) is 7.42. The molecule has 8 heteroatoms. The van der Waals surface area contributed by atoms with Crippen molar-refractivity contribution >= 4 is 17.4 Å². The van der Waals surface area contributed by atoms with Gasteiger partial charge in [-0.1, -0.05) is 18.2 Å². The summed E-state index contributed by atoms with van der Waals surface area (Å²) < 4.78 is 43.2. The third-order valence-electron chi connectivity index (χ3n) is 5.66. The van der Waals surface area contributed by atoms with Crippen molar-refractivity contribution in [3.8, 4) is 5.75 Å². The minimum atomic E-state index is -4.42. The van der Waals surface area contributed by atoms with Crippen LogP contribution < -0.4 is 10.5 Å². The van der Waals surface area contributed by atoms with Crippen LogP contribution >= 0.6 is 0 Å². The molecule has 2 aromatic carbocycles. The van der Waals surface area contributed by atoms with Gasteiger partial charge >= 0.3 is 6.18 Å². The highest BCUT2D eigenvalue weighted by molar-refractivity contribution is 5.90. The molecule has 1 heterocycles. The number of nitrogen functional groups attached to an aromatic ring is 1. The Morgan fingerprint density at radius 3 is 2.20 bits per heavy atom. The van der Waals surface area contributed by atoms with Gasteiger partial charge in [-0.2, -0.15) is 13.2 Å². The minimum absolute atomic E-state index is 0.00787. The number of para-hydroxylation sites is 1. The maximum absolute atomic E-state index is 12.6. The van der Waals surface area contributed by atoms with E-state index in [2.05, 4.69) is 0 Å². The van der Waals surface area contributed by atoms with Crippen molar-refractivity contribution in [3.05, 3.63) is 59.7 Å². The number of alkyl halides is 3. The van der Waals surface area contributed by atoms with Crippen molar-refractivity contribution in [1.82, 2.24) is 4.90 Å². The molecule has 0 spiro atoms. The molecule has 3 rings (SSSR count). The van der Waals surface area contributed by atoms with Gasteiger partial charge in [0.2, 0.25) is 0 Å². The molecule has 0 saturated carbocycles. The number of rotatable bonds is 5. The fourth-order valence-corrected chi connectivity index (χ4v) is 3.86. The van der Waals surface area contributed by atoms with Crippen molar-refractivity contribution in [2.24, 2.45) is 0 Å². The van der Waals surface area contributed by atoms with Gasteiger partial charge in [0.15, 0.2) is 6.61 Å². The molecule has 160 valence electrons. The van der Waals surface area contributed by atoms with Crippen LogP contribution in [0.3, 0.4) is 0 Å². The van der Waals surface area contributed by atoms with Gasteiger partial charge in [0.1, 0.15) is 11.5 Å². The molecule has 2 aromatic rings. The zero-order valence-electron chi connectivity index (χ0n) is 16.5. The zero-order valence-corrected chi connectivity index (χ0v) is 16.5. The van der Waals surface area contributed by atoms with E-state index in [0.29, 0.717) is 31.6 Å². The first-order valence-electron chi connectivity index (χ1n) is 9.57. The van der Waals surface area contributed by atoms with Gasteiger partial charge < -0.3 is 15.4 Å². The summed E-state index contributed by atoms with van der Waals surface area (Å²) in [7, 11) is 0. The standard InChI is InChI=1S/C22H23F3N2O3/c1-15(28)21(18-4-2-3-5-19(18)26)10-12-27(13-11-21)20(29)14-30-17-8-6-16(7-9-17)22(23,24)25/h2-9H,10-14,26H2,1H3. The first-order valence-corrected chi connectivity index (χ1v) is 9.57. The van der Waals surface area contributed by atoms with Crippen molar-refractivity contribution in [3.63, 3.8) is 0 Å². The quantitative estimate of drug-likeness (QED) is 0.747.